The van der Waals surface area contributed by atoms with Crippen molar-refractivity contribution >= 4 is 11.8 Å². The van der Waals surface area contributed by atoms with Gasteiger partial charge < -0.3 is 5.32 Å². The Morgan fingerprint density at radius 2 is 1.95 bits per heavy atom. The van der Waals surface area contributed by atoms with Gasteiger partial charge in [0, 0.05) is 16.5 Å². The van der Waals surface area contributed by atoms with E-state index in [2.05, 4.69) is 48.3 Å². The first-order chi connectivity index (χ1) is 9.38. The van der Waals surface area contributed by atoms with Gasteiger partial charge in [-0.1, -0.05) is 50.5 Å². The fraction of sp³-hybridized carbons (Fsp3) is 0.647. The molecule has 2 atom stereocenters. The summed E-state index contributed by atoms with van der Waals surface area (Å²) < 4.78 is 0. The van der Waals surface area contributed by atoms with E-state index in [4.69, 9.17) is 0 Å². The first-order valence-electron chi connectivity index (χ1n) is 7.85. The van der Waals surface area contributed by atoms with Crippen LogP contribution < -0.4 is 5.32 Å². The number of fused-ring (bicyclic) bond motifs is 1. The van der Waals surface area contributed by atoms with Crippen molar-refractivity contribution in [3.8, 4) is 0 Å². The van der Waals surface area contributed by atoms with Crippen LogP contribution in [0.4, 0.5) is 0 Å². The lowest BCUT2D eigenvalue weighted by Crippen LogP contribution is -2.28. The molecule has 1 saturated carbocycles. The second-order valence-corrected chi connectivity index (χ2v) is 7.42. The van der Waals surface area contributed by atoms with Gasteiger partial charge in [-0.25, -0.2) is 0 Å². The van der Waals surface area contributed by atoms with Crippen molar-refractivity contribution in [1.29, 1.82) is 0 Å². The van der Waals surface area contributed by atoms with Gasteiger partial charge in [0.25, 0.3) is 0 Å². The van der Waals surface area contributed by atoms with Crippen LogP contribution in [0.1, 0.15) is 56.2 Å². The summed E-state index contributed by atoms with van der Waals surface area (Å²) in [4.78, 5) is 0. The Bertz CT molecular complexity index is 411. The molecule has 1 fully saturated rings. The lowest BCUT2D eigenvalue weighted by Gasteiger charge is -2.28. The molecule has 0 bridgehead atoms. The van der Waals surface area contributed by atoms with Gasteiger partial charge in [-0.3, -0.25) is 0 Å². The summed E-state index contributed by atoms with van der Waals surface area (Å²) in [5.74, 6) is 0. The molecule has 19 heavy (non-hydrogen) atoms. The molecule has 1 N–H and O–H groups in total. The van der Waals surface area contributed by atoms with Crippen molar-refractivity contribution in [2.45, 2.75) is 62.0 Å². The van der Waals surface area contributed by atoms with Gasteiger partial charge in [0.1, 0.15) is 0 Å². The van der Waals surface area contributed by atoms with E-state index in [1.807, 2.05) is 0 Å². The van der Waals surface area contributed by atoms with Gasteiger partial charge in [-0.2, -0.15) is 11.8 Å². The molecule has 1 aromatic carbocycles. The molecule has 0 amide bonds. The minimum absolute atomic E-state index is 0.577. The lowest BCUT2D eigenvalue weighted by molar-refractivity contribution is 0.508. The van der Waals surface area contributed by atoms with Crippen LogP contribution in [0.3, 0.4) is 0 Å². The quantitative estimate of drug-likeness (QED) is 0.878. The Morgan fingerprint density at radius 1 is 1.16 bits per heavy atom. The van der Waals surface area contributed by atoms with E-state index < -0.39 is 0 Å². The maximum Gasteiger partial charge on any atom is 0.0446 e. The predicted octanol–water partition coefficient (Wildman–Crippen LogP) is 4.33. The third-order valence-electron chi connectivity index (χ3n) is 4.53. The number of hydrogen-bond donors (Lipinski definition) is 1. The summed E-state index contributed by atoms with van der Waals surface area (Å²) in [6, 6.07) is 9.60. The largest absolute Gasteiger partial charge is 0.309 e. The molecule has 0 spiro atoms. The molecule has 0 heterocycles. The van der Waals surface area contributed by atoms with E-state index in [-0.39, 0.29) is 0 Å². The van der Waals surface area contributed by atoms with Crippen LogP contribution in [0.25, 0.3) is 0 Å². The summed E-state index contributed by atoms with van der Waals surface area (Å²) in [6.07, 6.45) is 8.49. The molecule has 1 nitrogen and oxygen atoms in total. The standard InChI is InChI=1S/C17H25NS/c1-2-18-17-15-11-7-6-8-13(15)12-16(17)19-14-9-4-3-5-10-14/h6-8,11,14,16-18H,2-5,9-10,12H2,1H3. The Kier molecular flexibility index (Phi) is 4.49. The van der Waals surface area contributed by atoms with Crippen molar-refractivity contribution in [3.05, 3.63) is 35.4 Å². The van der Waals surface area contributed by atoms with Crippen molar-refractivity contribution in [3.63, 3.8) is 0 Å². The zero-order chi connectivity index (χ0) is 13.1. The zero-order valence-electron chi connectivity index (χ0n) is 11.9. The molecule has 1 aromatic rings. The summed E-state index contributed by atoms with van der Waals surface area (Å²) in [7, 11) is 0. The van der Waals surface area contributed by atoms with E-state index in [9.17, 15) is 0 Å². The number of thioether (sulfide) groups is 1. The second-order valence-electron chi connectivity index (χ2n) is 5.87. The van der Waals surface area contributed by atoms with Gasteiger partial charge in [0.2, 0.25) is 0 Å². The molecule has 3 rings (SSSR count). The summed E-state index contributed by atoms with van der Waals surface area (Å²) >= 11 is 2.27. The molecule has 104 valence electrons. The van der Waals surface area contributed by atoms with Crippen LogP contribution in [0.2, 0.25) is 0 Å². The molecule has 0 aromatic heterocycles. The van der Waals surface area contributed by atoms with E-state index in [0.717, 1.165) is 17.0 Å². The van der Waals surface area contributed by atoms with Crippen LogP contribution in [0, 0.1) is 0 Å². The highest BCUT2D eigenvalue weighted by Crippen LogP contribution is 2.42. The van der Waals surface area contributed by atoms with Crippen LogP contribution in [-0.2, 0) is 6.42 Å². The SMILES string of the molecule is CCNC1c2ccccc2CC1SC1CCCCC1. The highest BCUT2D eigenvalue weighted by molar-refractivity contribution is 8.00. The third-order valence-corrected chi connectivity index (χ3v) is 6.17. The average molecular weight is 275 g/mol. The highest BCUT2D eigenvalue weighted by Gasteiger charge is 2.33. The maximum atomic E-state index is 3.72. The van der Waals surface area contributed by atoms with Gasteiger partial charge >= 0.3 is 0 Å². The number of rotatable bonds is 4. The van der Waals surface area contributed by atoms with Crippen molar-refractivity contribution < 1.29 is 0 Å². The predicted molar refractivity (Wildman–Crippen MR) is 84.8 cm³/mol. The lowest BCUT2D eigenvalue weighted by atomic mass is 10.0. The minimum Gasteiger partial charge on any atom is -0.309 e. The third kappa shape index (κ3) is 3.00. The van der Waals surface area contributed by atoms with E-state index in [1.165, 1.54) is 38.5 Å². The molecular formula is C17H25NS. The fourth-order valence-corrected chi connectivity index (χ4v) is 5.37. The Balaban J connectivity index is 1.71. The summed E-state index contributed by atoms with van der Waals surface area (Å²) in [5.41, 5.74) is 3.12. The molecule has 2 aliphatic rings. The fourth-order valence-electron chi connectivity index (χ4n) is 3.59. The molecule has 0 saturated heterocycles. The van der Waals surface area contributed by atoms with E-state index in [0.29, 0.717) is 6.04 Å². The van der Waals surface area contributed by atoms with Gasteiger partial charge in [0.05, 0.1) is 0 Å². The molecule has 0 aliphatic heterocycles. The normalized spacial score (nSPS) is 27.4. The zero-order valence-corrected chi connectivity index (χ0v) is 12.7. The smallest absolute Gasteiger partial charge is 0.0446 e. The second kappa shape index (κ2) is 6.32. The molecule has 2 heteroatoms. The molecular weight excluding hydrogens is 250 g/mol. The Morgan fingerprint density at radius 3 is 2.74 bits per heavy atom. The van der Waals surface area contributed by atoms with E-state index >= 15 is 0 Å². The van der Waals surface area contributed by atoms with Crippen LogP contribution in [0.5, 0.6) is 0 Å². The van der Waals surface area contributed by atoms with Crippen molar-refractivity contribution in [2.24, 2.45) is 0 Å². The first-order valence-corrected chi connectivity index (χ1v) is 8.79. The first kappa shape index (κ1) is 13.5. The number of nitrogens with one attached hydrogen (secondary N) is 1. The average Bonchev–Trinajstić information content (AvgIpc) is 2.79. The minimum atomic E-state index is 0.577. The van der Waals surface area contributed by atoms with Gasteiger partial charge in [-0.05, 0) is 36.9 Å². The number of hydrogen-bond acceptors (Lipinski definition) is 2. The van der Waals surface area contributed by atoms with Crippen LogP contribution >= 0.6 is 11.8 Å². The van der Waals surface area contributed by atoms with Crippen molar-refractivity contribution in [2.75, 3.05) is 6.54 Å². The van der Waals surface area contributed by atoms with Crippen LogP contribution in [-0.4, -0.2) is 17.0 Å². The van der Waals surface area contributed by atoms with Gasteiger partial charge in [-0.15, -0.1) is 0 Å². The maximum absolute atomic E-state index is 3.72. The number of benzene rings is 1. The highest BCUT2D eigenvalue weighted by atomic mass is 32.2. The monoisotopic (exact) mass is 275 g/mol. The van der Waals surface area contributed by atoms with Crippen LogP contribution in [0.15, 0.2) is 24.3 Å². The Labute approximate surface area is 121 Å². The molecule has 2 unspecified atom stereocenters. The topological polar surface area (TPSA) is 12.0 Å². The van der Waals surface area contributed by atoms with Gasteiger partial charge in [0.15, 0.2) is 0 Å². The molecule has 0 radical (unpaired) electrons. The summed E-state index contributed by atoms with van der Waals surface area (Å²) in [5, 5.41) is 5.38. The Hall–Kier alpha value is -0.470. The summed E-state index contributed by atoms with van der Waals surface area (Å²) in [6.45, 7) is 3.30. The van der Waals surface area contributed by atoms with Crippen molar-refractivity contribution in [1.82, 2.24) is 5.32 Å². The molecule has 2 aliphatic carbocycles. The van der Waals surface area contributed by atoms with E-state index in [1.54, 1.807) is 11.1 Å².